The van der Waals surface area contributed by atoms with Crippen LogP contribution >= 0.6 is 11.6 Å². The number of benzene rings is 2. The number of sulfonamides is 1. The van der Waals surface area contributed by atoms with Crippen molar-refractivity contribution in [2.24, 2.45) is 0 Å². The first-order valence-corrected chi connectivity index (χ1v) is 9.29. The number of hydrogen-bond acceptors (Lipinski definition) is 5. The number of non-ortho nitro benzene ring substituents is 1. The van der Waals surface area contributed by atoms with Crippen LogP contribution in [0.25, 0.3) is 0 Å². The largest absolute Gasteiger partial charge is 0.481 e. The Kier molecular flexibility index (Phi) is 6.17. The summed E-state index contributed by atoms with van der Waals surface area (Å²) in [4.78, 5) is 21.1. The number of carbonyl (C=O) groups is 1. The zero-order valence-corrected chi connectivity index (χ0v) is 15.0. The fourth-order valence-corrected chi connectivity index (χ4v) is 4.07. The molecule has 0 aliphatic heterocycles. The van der Waals surface area contributed by atoms with Crippen molar-refractivity contribution in [3.63, 3.8) is 0 Å². The van der Waals surface area contributed by atoms with E-state index in [9.17, 15) is 23.3 Å². The van der Waals surface area contributed by atoms with Crippen molar-refractivity contribution >= 4 is 39.0 Å². The molecule has 26 heavy (non-hydrogen) atoms. The van der Waals surface area contributed by atoms with E-state index in [2.05, 4.69) is 0 Å². The van der Waals surface area contributed by atoms with E-state index in [1.54, 1.807) is 6.07 Å². The van der Waals surface area contributed by atoms with Crippen molar-refractivity contribution in [2.75, 3.05) is 10.8 Å². The van der Waals surface area contributed by atoms with Crippen molar-refractivity contribution < 1.29 is 23.2 Å². The van der Waals surface area contributed by atoms with E-state index in [1.165, 1.54) is 30.3 Å². The minimum atomic E-state index is -4.08. The van der Waals surface area contributed by atoms with Gasteiger partial charge in [-0.3, -0.25) is 19.2 Å². The molecule has 0 heterocycles. The molecular formula is C16H15ClN2O6S. The first-order chi connectivity index (χ1) is 12.2. The molecule has 0 aliphatic rings. The van der Waals surface area contributed by atoms with Gasteiger partial charge in [-0.15, -0.1) is 0 Å². The Morgan fingerprint density at radius 1 is 1.19 bits per heavy atom. The third-order valence-corrected chi connectivity index (χ3v) is 5.64. The van der Waals surface area contributed by atoms with Gasteiger partial charge in [-0.05, 0) is 24.6 Å². The highest BCUT2D eigenvalue weighted by Crippen LogP contribution is 2.34. The third kappa shape index (κ3) is 4.50. The lowest BCUT2D eigenvalue weighted by molar-refractivity contribution is -0.384. The standard InChI is InChI=1S/C16H15ClN2O6S/c17-14-9-8-12(19(22)23)11-15(14)18(10-4-7-16(20)21)26(24,25)13-5-2-1-3-6-13/h1-3,5-6,8-9,11H,4,7,10H2,(H,20,21). The van der Waals surface area contributed by atoms with E-state index in [4.69, 9.17) is 16.7 Å². The molecule has 2 aromatic carbocycles. The quantitative estimate of drug-likeness (QED) is 0.538. The topological polar surface area (TPSA) is 118 Å². The molecular weight excluding hydrogens is 384 g/mol. The van der Waals surface area contributed by atoms with Gasteiger partial charge in [0.2, 0.25) is 0 Å². The van der Waals surface area contributed by atoms with E-state index in [1.807, 2.05) is 0 Å². The summed E-state index contributed by atoms with van der Waals surface area (Å²) in [5.41, 5.74) is -0.397. The number of halogens is 1. The molecule has 10 heteroatoms. The number of nitrogens with zero attached hydrogens (tertiary/aromatic N) is 2. The Balaban J connectivity index is 2.53. The second-order valence-electron chi connectivity index (χ2n) is 5.28. The Bertz CT molecular complexity index is 918. The second kappa shape index (κ2) is 8.15. The van der Waals surface area contributed by atoms with Crippen molar-refractivity contribution in [3.8, 4) is 0 Å². The normalized spacial score (nSPS) is 11.1. The summed E-state index contributed by atoms with van der Waals surface area (Å²) in [5.74, 6) is -1.08. The number of anilines is 1. The molecule has 0 fully saturated rings. The fourth-order valence-electron chi connectivity index (χ4n) is 2.27. The molecule has 0 saturated carbocycles. The van der Waals surface area contributed by atoms with Crippen LogP contribution in [0, 0.1) is 10.1 Å². The number of nitro groups is 1. The first kappa shape index (κ1) is 19.7. The van der Waals surface area contributed by atoms with Crippen LogP contribution in [-0.2, 0) is 14.8 Å². The Morgan fingerprint density at radius 3 is 2.42 bits per heavy atom. The van der Waals surface area contributed by atoms with Crippen molar-refractivity contribution in [1.82, 2.24) is 0 Å². The van der Waals surface area contributed by atoms with Crippen LogP contribution < -0.4 is 4.31 Å². The highest BCUT2D eigenvalue weighted by molar-refractivity contribution is 7.92. The summed E-state index contributed by atoms with van der Waals surface area (Å²) in [6.45, 7) is -0.190. The van der Waals surface area contributed by atoms with E-state index < -0.39 is 20.9 Å². The Hall–Kier alpha value is -2.65. The third-order valence-electron chi connectivity index (χ3n) is 3.49. The molecule has 0 aliphatic carbocycles. The minimum absolute atomic E-state index is 0.00503. The summed E-state index contributed by atoms with van der Waals surface area (Å²) >= 11 is 6.09. The predicted octanol–water partition coefficient (Wildman–Crippen LogP) is 3.31. The maximum absolute atomic E-state index is 13.0. The number of aliphatic carboxylic acids is 1. The van der Waals surface area contributed by atoms with E-state index in [0.29, 0.717) is 0 Å². The van der Waals surface area contributed by atoms with Crippen LogP contribution in [0.5, 0.6) is 0 Å². The molecule has 0 bridgehead atoms. The molecule has 0 radical (unpaired) electrons. The summed E-state index contributed by atoms with van der Waals surface area (Å²) in [6.07, 6.45) is -0.242. The smallest absolute Gasteiger partial charge is 0.303 e. The van der Waals surface area contributed by atoms with Crippen molar-refractivity contribution in [2.45, 2.75) is 17.7 Å². The van der Waals surface area contributed by atoms with E-state index in [-0.39, 0.29) is 40.7 Å². The van der Waals surface area contributed by atoms with Gasteiger partial charge < -0.3 is 5.11 Å². The zero-order valence-electron chi connectivity index (χ0n) is 13.4. The van der Waals surface area contributed by atoms with Gasteiger partial charge in [-0.2, -0.15) is 0 Å². The van der Waals surface area contributed by atoms with Crippen molar-refractivity contribution in [1.29, 1.82) is 0 Å². The molecule has 0 atom stereocenters. The lowest BCUT2D eigenvalue weighted by Crippen LogP contribution is -2.32. The minimum Gasteiger partial charge on any atom is -0.481 e. The summed E-state index contributed by atoms with van der Waals surface area (Å²) in [5, 5.41) is 19.8. The number of carboxylic acids is 1. The SMILES string of the molecule is O=C(O)CCCN(c1cc([N+](=O)[O-])ccc1Cl)S(=O)(=O)c1ccccc1. The maximum Gasteiger partial charge on any atom is 0.303 e. The average molecular weight is 399 g/mol. The van der Waals surface area contributed by atoms with Crippen LogP contribution in [0.15, 0.2) is 53.4 Å². The summed E-state index contributed by atoms with van der Waals surface area (Å²) < 4.78 is 26.9. The first-order valence-electron chi connectivity index (χ1n) is 7.47. The summed E-state index contributed by atoms with van der Waals surface area (Å²) in [6, 6.07) is 10.9. The van der Waals surface area contributed by atoms with Gasteiger partial charge in [-0.25, -0.2) is 8.42 Å². The van der Waals surface area contributed by atoms with Crippen LogP contribution in [0.3, 0.4) is 0 Å². The lowest BCUT2D eigenvalue weighted by Gasteiger charge is -2.25. The molecule has 0 aromatic heterocycles. The number of rotatable bonds is 8. The van der Waals surface area contributed by atoms with Crippen LogP contribution in [-0.4, -0.2) is 31.0 Å². The van der Waals surface area contributed by atoms with Gasteiger partial charge in [0, 0.05) is 25.1 Å². The Morgan fingerprint density at radius 2 is 1.85 bits per heavy atom. The van der Waals surface area contributed by atoms with Gasteiger partial charge in [0.15, 0.2) is 0 Å². The molecule has 0 unspecified atom stereocenters. The highest BCUT2D eigenvalue weighted by atomic mass is 35.5. The van der Waals surface area contributed by atoms with Gasteiger partial charge in [0.1, 0.15) is 0 Å². The van der Waals surface area contributed by atoms with Crippen LogP contribution in [0.1, 0.15) is 12.8 Å². The van der Waals surface area contributed by atoms with Gasteiger partial charge in [0.05, 0.1) is 20.5 Å². The van der Waals surface area contributed by atoms with E-state index in [0.717, 1.165) is 16.4 Å². The zero-order chi connectivity index (χ0) is 19.3. The van der Waals surface area contributed by atoms with Crippen LogP contribution in [0.4, 0.5) is 11.4 Å². The summed E-state index contributed by atoms with van der Waals surface area (Å²) in [7, 11) is -4.08. The molecule has 0 spiro atoms. The monoisotopic (exact) mass is 398 g/mol. The van der Waals surface area contributed by atoms with Gasteiger partial charge in [-0.1, -0.05) is 29.8 Å². The average Bonchev–Trinajstić information content (AvgIpc) is 2.60. The Labute approximate surface area is 154 Å². The molecule has 0 amide bonds. The molecule has 8 nitrogen and oxygen atoms in total. The maximum atomic E-state index is 13.0. The molecule has 138 valence electrons. The van der Waals surface area contributed by atoms with Gasteiger partial charge in [0.25, 0.3) is 15.7 Å². The number of hydrogen-bond donors (Lipinski definition) is 1. The molecule has 2 aromatic rings. The van der Waals surface area contributed by atoms with Crippen molar-refractivity contribution in [3.05, 3.63) is 63.7 Å². The molecule has 0 saturated heterocycles. The molecule has 2 rings (SSSR count). The van der Waals surface area contributed by atoms with Crippen LogP contribution in [0.2, 0.25) is 5.02 Å². The molecule has 1 N–H and O–H groups in total. The highest BCUT2D eigenvalue weighted by Gasteiger charge is 2.27. The lowest BCUT2D eigenvalue weighted by atomic mass is 10.2. The fraction of sp³-hybridized carbons (Fsp3) is 0.188. The second-order valence-corrected chi connectivity index (χ2v) is 7.55. The number of carboxylic acid groups (broad SMARTS) is 1. The predicted molar refractivity (Wildman–Crippen MR) is 96.0 cm³/mol. The van der Waals surface area contributed by atoms with Gasteiger partial charge >= 0.3 is 5.97 Å². The number of nitro benzene ring substituents is 1. The van der Waals surface area contributed by atoms with E-state index >= 15 is 0 Å².